The summed E-state index contributed by atoms with van der Waals surface area (Å²) in [4.78, 5) is 12.4. The highest BCUT2D eigenvalue weighted by Gasteiger charge is 2.14. The third-order valence-corrected chi connectivity index (χ3v) is 4.84. The predicted molar refractivity (Wildman–Crippen MR) is 114 cm³/mol. The molecule has 2 aromatic carbocycles. The van der Waals surface area contributed by atoms with Crippen LogP contribution in [0.3, 0.4) is 0 Å². The fourth-order valence-electron chi connectivity index (χ4n) is 3.35. The fraction of sp³-hybridized carbons (Fsp3) is 0.273. The highest BCUT2D eigenvalue weighted by molar-refractivity contribution is 6.01. The molecule has 3 aromatic rings. The second-order valence-electron chi connectivity index (χ2n) is 6.56. The number of ether oxygens (including phenoxy) is 1. The van der Waals surface area contributed by atoms with Crippen LogP contribution in [0.4, 0.5) is 5.69 Å². The third kappa shape index (κ3) is 3.86. The van der Waals surface area contributed by atoms with E-state index in [9.17, 15) is 4.79 Å². The number of aryl methyl sites for hydroxylation is 1. The minimum absolute atomic E-state index is 0.223. The van der Waals surface area contributed by atoms with Crippen molar-refractivity contribution in [3.63, 3.8) is 0 Å². The van der Waals surface area contributed by atoms with Gasteiger partial charge >= 0.3 is 0 Å². The maximum Gasteiger partial charge on any atom is 0.262 e. The molecule has 0 aliphatic heterocycles. The highest BCUT2D eigenvalue weighted by Crippen LogP contribution is 2.25. The molecule has 6 heteroatoms. The number of hydrogen-bond donors (Lipinski definition) is 2. The first-order valence-electron chi connectivity index (χ1n) is 9.37. The Labute approximate surface area is 165 Å². The van der Waals surface area contributed by atoms with Crippen molar-refractivity contribution in [3.8, 4) is 5.75 Å². The van der Waals surface area contributed by atoms with Gasteiger partial charge in [0.05, 0.1) is 19.0 Å². The molecular formula is C22H26N4O2. The van der Waals surface area contributed by atoms with E-state index in [1.807, 2.05) is 36.4 Å². The molecule has 0 aliphatic rings. The summed E-state index contributed by atoms with van der Waals surface area (Å²) in [5, 5.41) is 8.47. The quantitative estimate of drug-likeness (QED) is 0.483. The van der Waals surface area contributed by atoms with Crippen LogP contribution in [0.1, 0.15) is 25.1 Å². The first kappa shape index (κ1) is 19.5. The van der Waals surface area contributed by atoms with Crippen LogP contribution in [0.5, 0.6) is 5.75 Å². The van der Waals surface area contributed by atoms with Crippen molar-refractivity contribution >= 4 is 28.7 Å². The van der Waals surface area contributed by atoms with Crippen molar-refractivity contribution in [1.82, 2.24) is 9.99 Å². The number of aromatic nitrogens is 1. The zero-order valence-electron chi connectivity index (χ0n) is 16.7. The number of carbonyl (C=O) groups excluding carboxylic acids is 1. The predicted octanol–water partition coefficient (Wildman–Crippen LogP) is 3.93. The summed E-state index contributed by atoms with van der Waals surface area (Å²) >= 11 is 0. The maximum absolute atomic E-state index is 12.4. The van der Waals surface area contributed by atoms with Crippen molar-refractivity contribution in [2.45, 2.75) is 33.4 Å². The van der Waals surface area contributed by atoms with Crippen LogP contribution >= 0.6 is 0 Å². The summed E-state index contributed by atoms with van der Waals surface area (Å²) in [7, 11) is 1.60. The molecule has 0 spiro atoms. The van der Waals surface area contributed by atoms with E-state index in [1.54, 1.807) is 20.2 Å². The Hall–Kier alpha value is -3.28. The number of carbonyl (C=O) groups is 1. The van der Waals surface area contributed by atoms with Gasteiger partial charge in [0.2, 0.25) is 0 Å². The molecule has 0 unspecified atom stereocenters. The summed E-state index contributed by atoms with van der Waals surface area (Å²) in [6.45, 7) is 6.85. The molecule has 1 atom stereocenters. The van der Waals surface area contributed by atoms with Crippen LogP contribution in [0.25, 0.3) is 10.9 Å². The smallest absolute Gasteiger partial charge is 0.262 e. The van der Waals surface area contributed by atoms with Gasteiger partial charge in [-0.15, -0.1) is 0 Å². The number of hydrazone groups is 1. The summed E-state index contributed by atoms with van der Waals surface area (Å²) < 4.78 is 7.55. The van der Waals surface area contributed by atoms with Crippen LogP contribution in [0.15, 0.2) is 53.6 Å². The van der Waals surface area contributed by atoms with E-state index in [0.29, 0.717) is 5.75 Å². The van der Waals surface area contributed by atoms with Gasteiger partial charge in [-0.2, -0.15) is 5.10 Å². The summed E-state index contributed by atoms with van der Waals surface area (Å²) in [6.07, 6.45) is 1.72. The zero-order chi connectivity index (χ0) is 20.1. The van der Waals surface area contributed by atoms with Crippen molar-refractivity contribution in [1.29, 1.82) is 0 Å². The van der Waals surface area contributed by atoms with Gasteiger partial charge < -0.3 is 14.6 Å². The van der Waals surface area contributed by atoms with Gasteiger partial charge in [0, 0.05) is 28.7 Å². The number of nitrogens with one attached hydrogen (secondary N) is 2. The van der Waals surface area contributed by atoms with Gasteiger partial charge in [0.1, 0.15) is 11.8 Å². The molecular weight excluding hydrogens is 352 g/mol. The molecule has 28 heavy (non-hydrogen) atoms. The number of methoxy groups -OCH3 is 1. The lowest BCUT2D eigenvalue weighted by Gasteiger charge is -2.15. The number of rotatable bonds is 7. The normalized spacial score (nSPS) is 12.3. The number of amides is 1. The average molecular weight is 378 g/mol. The number of anilines is 1. The molecule has 6 nitrogen and oxygen atoms in total. The molecule has 0 saturated carbocycles. The van der Waals surface area contributed by atoms with Gasteiger partial charge in [-0.25, -0.2) is 5.43 Å². The van der Waals surface area contributed by atoms with Gasteiger partial charge in [-0.1, -0.05) is 30.3 Å². The zero-order valence-corrected chi connectivity index (χ0v) is 16.7. The van der Waals surface area contributed by atoms with Crippen LogP contribution in [-0.2, 0) is 11.3 Å². The number of benzene rings is 2. The van der Waals surface area contributed by atoms with Crippen LogP contribution in [-0.4, -0.2) is 29.8 Å². The van der Waals surface area contributed by atoms with Crippen molar-refractivity contribution < 1.29 is 9.53 Å². The van der Waals surface area contributed by atoms with Gasteiger partial charge in [0.15, 0.2) is 0 Å². The molecule has 0 aliphatic carbocycles. The molecule has 0 bridgehead atoms. The summed E-state index contributed by atoms with van der Waals surface area (Å²) in [5.41, 5.74) is 6.70. The molecule has 2 N–H and O–H groups in total. The second-order valence-corrected chi connectivity index (χ2v) is 6.56. The lowest BCUT2D eigenvalue weighted by Crippen LogP contribution is -2.35. The Balaban J connectivity index is 1.72. The van der Waals surface area contributed by atoms with E-state index >= 15 is 0 Å². The highest BCUT2D eigenvalue weighted by atomic mass is 16.5. The summed E-state index contributed by atoms with van der Waals surface area (Å²) in [5.74, 6) is 0.465. The lowest BCUT2D eigenvalue weighted by molar-refractivity contribution is -0.121. The monoisotopic (exact) mass is 378 g/mol. The van der Waals surface area contributed by atoms with E-state index in [4.69, 9.17) is 4.74 Å². The third-order valence-electron chi connectivity index (χ3n) is 4.84. The van der Waals surface area contributed by atoms with Gasteiger partial charge in [0.25, 0.3) is 5.91 Å². The van der Waals surface area contributed by atoms with Crippen molar-refractivity contribution in [2.24, 2.45) is 5.10 Å². The Kier molecular flexibility index (Phi) is 5.99. The first-order chi connectivity index (χ1) is 13.6. The van der Waals surface area contributed by atoms with Gasteiger partial charge in [-0.3, -0.25) is 4.79 Å². The number of nitrogens with zero attached hydrogens (tertiary/aromatic N) is 2. The second kappa shape index (κ2) is 8.61. The fourth-order valence-corrected chi connectivity index (χ4v) is 3.35. The van der Waals surface area contributed by atoms with E-state index in [1.165, 1.54) is 5.52 Å². The molecule has 1 heterocycles. The van der Waals surface area contributed by atoms with Crippen LogP contribution < -0.4 is 15.5 Å². The maximum atomic E-state index is 12.4. The SMILES string of the molecule is CCn1c(C)c(/C=N/NC(=O)[C@@H](C)Nc2ccccc2OC)c2ccccc21. The Morgan fingerprint density at radius 3 is 2.68 bits per heavy atom. The molecule has 0 radical (unpaired) electrons. The Morgan fingerprint density at radius 2 is 1.93 bits per heavy atom. The van der Waals surface area contributed by atoms with Crippen molar-refractivity contribution in [3.05, 3.63) is 59.8 Å². The lowest BCUT2D eigenvalue weighted by atomic mass is 10.1. The number of hydrogen-bond acceptors (Lipinski definition) is 4. The minimum Gasteiger partial charge on any atom is -0.495 e. The molecule has 0 fully saturated rings. The van der Waals surface area contributed by atoms with E-state index in [0.717, 1.165) is 28.9 Å². The first-order valence-corrected chi connectivity index (χ1v) is 9.37. The van der Waals surface area contributed by atoms with E-state index in [-0.39, 0.29) is 5.91 Å². The molecule has 3 rings (SSSR count). The minimum atomic E-state index is -0.466. The van der Waals surface area contributed by atoms with E-state index < -0.39 is 6.04 Å². The largest absolute Gasteiger partial charge is 0.495 e. The Bertz CT molecular complexity index is 1010. The molecule has 0 saturated heterocycles. The van der Waals surface area contributed by atoms with Crippen LogP contribution in [0.2, 0.25) is 0 Å². The number of fused-ring (bicyclic) bond motifs is 1. The topological polar surface area (TPSA) is 67.7 Å². The molecule has 146 valence electrons. The average Bonchev–Trinajstić information content (AvgIpc) is 2.99. The standard InChI is InChI=1S/C22H26N4O2/c1-5-26-16(3)18(17-10-6-8-12-20(17)26)14-23-25-22(27)15(2)24-19-11-7-9-13-21(19)28-4/h6-15,24H,5H2,1-4H3,(H,25,27)/b23-14+/t15-/m1/s1. The molecule has 1 amide bonds. The van der Waals surface area contributed by atoms with Gasteiger partial charge in [-0.05, 0) is 39.0 Å². The van der Waals surface area contributed by atoms with Crippen LogP contribution in [0, 0.1) is 6.92 Å². The molecule has 1 aromatic heterocycles. The summed E-state index contributed by atoms with van der Waals surface area (Å²) in [6, 6.07) is 15.2. The Morgan fingerprint density at radius 1 is 1.21 bits per heavy atom. The van der Waals surface area contributed by atoms with Crippen molar-refractivity contribution in [2.75, 3.05) is 12.4 Å². The van der Waals surface area contributed by atoms with E-state index in [2.05, 4.69) is 46.4 Å². The number of para-hydroxylation sites is 3.